The Balaban J connectivity index is 0.00000338. The van der Waals surface area contributed by atoms with Gasteiger partial charge in [-0.2, -0.15) is 4.31 Å². The lowest BCUT2D eigenvalue weighted by Gasteiger charge is -2.41. The van der Waals surface area contributed by atoms with E-state index in [2.05, 4.69) is 0 Å². The van der Waals surface area contributed by atoms with Crippen LogP contribution >= 0.6 is 24.0 Å². The number of benzene rings is 1. The van der Waals surface area contributed by atoms with Gasteiger partial charge >= 0.3 is 0 Å². The van der Waals surface area contributed by atoms with Crippen LogP contribution in [0.2, 0.25) is 5.02 Å². The van der Waals surface area contributed by atoms with E-state index in [4.69, 9.17) is 26.8 Å². The summed E-state index contributed by atoms with van der Waals surface area (Å²) in [5, 5.41) is 0.346. The fourth-order valence-electron chi connectivity index (χ4n) is 2.94. The summed E-state index contributed by atoms with van der Waals surface area (Å²) in [5.41, 5.74) is 5.83. The highest BCUT2D eigenvalue weighted by atomic mass is 35.5. The highest BCUT2D eigenvalue weighted by Gasteiger charge is 2.39. The van der Waals surface area contributed by atoms with Crippen molar-refractivity contribution in [2.45, 2.75) is 44.2 Å². The second kappa shape index (κ2) is 9.08. The van der Waals surface area contributed by atoms with Crippen molar-refractivity contribution in [3.8, 4) is 5.75 Å². The Morgan fingerprint density at radius 2 is 2.08 bits per heavy atom. The van der Waals surface area contributed by atoms with Gasteiger partial charge in [0.2, 0.25) is 10.0 Å². The Morgan fingerprint density at radius 1 is 1.42 bits per heavy atom. The van der Waals surface area contributed by atoms with E-state index in [9.17, 15) is 8.42 Å². The Kier molecular flexibility index (Phi) is 8.20. The van der Waals surface area contributed by atoms with Crippen molar-refractivity contribution in [1.82, 2.24) is 4.31 Å². The van der Waals surface area contributed by atoms with Crippen LogP contribution in [0.25, 0.3) is 0 Å². The van der Waals surface area contributed by atoms with Crippen LogP contribution in [-0.2, 0) is 14.8 Å². The predicted octanol–water partition coefficient (Wildman–Crippen LogP) is 2.92. The maximum atomic E-state index is 13.2. The summed E-state index contributed by atoms with van der Waals surface area (Å²) >= 11 is 6.06. The summed E-state index contributed by atoms with van der Waals surface area (Å²) in [6.45, 7) is 6.87. The van der Waals surface area contributed by atoms with Crippen molar-refractivity contribution >= 4 is 34.0 Å². The van der Waals surface area contributed by atoms with Gasteiger partial charge in [-0.15, -0.1) is 12.4 Å². The van der Waals surface area contributed by atoms with E-state index in [-0.39, 0.29) is 40.6 Å². The molecule has 1 aromatic rings. The van der Waals surface area contributed by atoms with Gasteiger partial charge in [0.25, 0.3) is 0 Å². The minimum atomic E-state index is -3.74. The minimum Gasteiger partial charge on any atom is -0.487 e. The Morgan fingerprint density at radius 3 is 2.65 bits per heavy atom. The van der Waals surface area contributed by atoms with Gasteiger partial charge in [0.1, 0.15) is 16.7 Å². The van der Waals surface area contributed by atoms with Crippen LogP contribution < -0.4 is 10.5 Å². The van der Waals surface area contributed by atoms with Gasteiger partial charge in [0.05, 0.1) is 6.61 Å². The Hall–Kier alpha value is -0.570. The lowest BCUT2D eigenvalue weighted by molar-refractivity contribution is 0.0898. The summed E-state index contributed by atoms with van der Waals surface area (Å²) < 4.78 is 38.7. The van der Waals surface area contributed by atoms with Crippen molar-refractivity contribution < 1.29 is 17.9 Å². The van der Waals surface area contributed by atoms with Crippen LogP contribution in [0.15, 0.2) is 23.1 Å². The van der Waals surface area contributed by atoms with E-state index in [0.717, 1.165) is 0 Å². The van der Waals surface area contributed by atoms with E-state index in [0.29, 0.717) is 31.1 Å². The zero-order valence-corrected chi connectivity index (χ0v) is 18.0. The number of methoxy groups -OCH3 is 1. The van der Waals surface area contributed by atoms with Crippen molar-refractivity contribution in [2.75, 3.05) is 26.8 Å². The van der Waals surface area contributed by atoms with Gasteiger partial charge < -0.3 is 15.2 Å². The van der Waals surface area contributed by atoms with Gasteiger partial charge in [-0.05, 0) is 37.0 Å². The number of piperidine rings is 1. The molecule has 9 heteroatoms. The third kappa shape index (κ3) is 5.24. The van der Waals surface area contributed by atoms with E-state index in [1.165, 1.54) is 10.4 Å². The molecule has 0 spiro atoms. The molecule has 2 rings (SSSR count). The topological polar surface area (TPSA) is 81.9 Å². The highest BCUT2D eigenvalue weighted by molar-refractivity contribution is 7.89. The van der Waals surface area contributed by atoms with E-state index in [1.807, 2.05) is 20.8 Å². The number of nitrogens with zero attached hydrogens (tertiary/aromatic N) is 1. The minimum absolute atomic E-state index is 0. The number of nitrogens with two attached hydrogens (primary N) is 1. The van der Waals surface area contributed by atoms with Crippen molar-refractivity contribution in [3.05, 3.63) is 23.2 Å². The molecule has 0 aliphatic carbocycles. The molecule has 2 atom stereocenters. The molecule has 2 unspecified atom stereocenters. The molecule has 0 radical (unpaired) electrons. The molecule has 150 valence electrons. The molecule has 0 aromatic heterocycles. The maximum absolute atomic E-state index is 13.2. The third-order valence-corrected chi connectivity index (χ3v) is 6.63. The average Bonchev–Trinajstić information content (AvgIpc) is 2.51. The van der Waals surface area contributed by atoms with E-state index >= 15 is 0 Å². The van der Waals surface area contributed by atoms with Gasteiger partial charge in [0, 0.05) is 31.3 Å². The molecular weight excluding hydrogens is 399 g/mol. The smallest absolute Gasteiger partial charge is 0.246 e. The number of hydrogen-bond acceptors (Lipinski definition) is 5. The first-order chi connectivity index (χ1) is 11.6. The summed E-state index contributed by atoms with van der Waals surface area (Å²) in [7, 11) is -2.17. The molecule has 1 aromatic carbocycles. The molecule has 0 bridgehead atoms. The summed E-state index contributed by atoms with van der Waals surface area (Å²) in [6, 6.07) is 4.61. The first-order valence-corrected chi connectivity index (χ1v) is 10.1. The van der Waals surface area contributed by atoms with Crippen LogP contribution in [0.4, 0.5) is 0 Å². The monoisotopic (exact) mass is 426 g/mol. The molecule has 2 N–H and O–H groups in total. The number of halogens is 2. The maximum Gasteiger partial charge on any atom is 0.246 e. The second-order valence-electron chi connectivity index (χ2n) is 7.20. The van der Waals surface area contributed by atoms with Crippen LogP contribution in [0.5, 0.6) is 5.75 Å². The van der Waals surface area contributed by atoms with E-state index in [1.54, 1.807) is 19.2 Å². The first-order valence-electron chi connectivity index (χ1n) is 8.29. The standard InChI is InChI=1S/C17H27ClN2O4S.ClH/c1-12(10-23-4)24-14-6-5-13(18)9-15(14)25(21,22)20-8-7-16(19)17(2,3)11-20;/h5-6,9,12,16H,7-8,10-11,19H2,1-4H3;1H. The van der Waals surface area contributed by atoms with Crippen molar-refractivity contribution in [1.29, 1.82) is 0 Å². The zero-order chi connectivity index (χ0) is 18.8. The molecule has 1 aliphatic rings. The lowest BCUT2D eigenvalue weighted by atomic mass is 9.81. The zero-order valence-electron chi connectivity index (χ0n) is 15.6. The molecule has 1 heterocycles. The van der Waals surface area contributed by atoms with Gasteiger partial charge in [-0.25, -0.2) is 8.42 Å². The van der Waals surface area contributed by atoms with Gasteiger partial charge in [-0.1, -0.05) is 25.4 Å². The molecule has 0 amide bonds. The summed E-state index contributed by atoms with van der Waals surface area (Å²) in [6.07, 6.45) is 0.328. The quantitative estimate of drug-likeness (QED) is 0.755. The fourth-order valence-corrected chi connectivity index (χ4v) is 4.94. The summed E-state index contributed by atoms with van der Waals surface area (Å²) in [4.78, 5) is 0.0780. The van der Waals surface area contributed by atoms with Crippen molar-refractivity contribution in [3.63, 3.8) is 0 Å². The normalized spacial score (nSPS) is 21.7. The largest absolute Gasteiger partial charge is 0.487 e. The van der Waals surface area contributed by atoms with Gasteiger partial charge in [-0.3, -0.25) is 0 Å². The molecule has 1 aliphatic heterocycles. The third-order valence-electron chi connectivity index (χ3n) is 4.53. The fraction of sp³-hybridized carbons (Fsp3) is 0.647. The molecular formula is C17H28Cl2N2O4S. The molecule has 1 fully saturated rings. The van der Waals surface area contributed by atoms with Crippen LogP contribution in [0.3, 0.4) is 0 Å². The molecule has 6 nitrogen and oxygen atoms in total. The number of rotatable bonds is 6. The van der Waals surface area contributed by atoms with E-state index < -0.39 is 10.0 Å². The number of ether oxygens (including phenoxy) is 2. The van der Waals surface area contributed by atoms with Crippen LogP contribution in [0, 0.1) is 5.41 Å². The molecule has 1 saturated heterocycles. The second-order valence-corrected chi connectivity index (χ2v) is 9.54. The predicted molar refractivity (Wildman–Crippen MR) is 106 cm³/mol. The summed E-state index contributed by atoms with van der Waals surface area (Å²) in [5.74, 6) is 0.279. The molecule has 26 heavy (non-hydrogen) atoms. The Labute approximate surface area is 167 Å². The first kappa shape index (κ1) is 23.5. The van der Waals surface area contributed by atoms with Crippen LogP contribution in [0.1, 0.15) is 27.2 Å². The van der Waals surface area contributed by atoms with Gasteiger partial charge in [0.15, 0.2) is 0 Å². The Bertz CT molecular complexity index is 713. The SMILES string of the molecule is COCC(C)Oc1ccc(Cl)cc1S(=O)(=O)N1CCC(N)C(C)(C)C1.Cl. The molecule has 0 saturated carbocycles. The highest BCUT2D eigenvalue weighted by Crippen LogP contribution is 2.35. The number of sulfonamides is 1. The van der Waals surface area contributed by atoms with Crippen molar-refractivity contribution in [2.24, 2.45) is 11.1 Å². The number of hydrogen-bond donors (Lipinski definition) is 1. The average molecular weight is 427 g/mol. The lowest BCUT2D eigenvalue weighted by Crippen LogP contribution is -2.53. The van der Waals surface area contributed by atoms with Crippen LogP contribution in [-0.4, -0.2) is 51.7 Å².